The highest BCUT2D eigenvalue weighted by atomic mass is 16.7. The van der Waals surface area contributed by atoms with Crippen molar-refractivity contribution in [2.45, 2.75) is 198 Å². The van der Waals surface area contributed by atoms with Crippen LogP contribution < -0.4 is 5.32 Å². The molecule has 1 aliphatic heterocycles. The molecule has 0 aliphatic carbocycles. The number of aliphatic hydroxyl groups is 5. The molecule has 1 heterocycles. The SMILES string of the molecule is CC/C=C\C/C=C\C/C=C\C/C=C\C/C=C\CCCCCC(=O)NC(COC1OC(CO)C(O)C(O)C1O)C(O)/C=C/CC/C=C/CC/C=C/CCCCCCCCC. The van der Waals surface area contributed by atoms with Gasteiger partial charge in [0.1, 0.15) is 24.4 Å². The van der Waals surface area contributed by atoms with Crippen molar-refractivity contribution in [3.05, 3.63) is 97.2 Å². The Labute approximate surface area is 358 Å². The molecule has 7 unspecified atom stereocenters. The van der Waals surface area contributed by atoms with Crippen molar-refractivity contribution in [1.82, 2.24) is 5.32 Å². The summed E-state index contributed by atoms with van der Waals surface area (Å²) in [4.78, 5) is 12.9. The molecule has 0 radical (unpaired) electrons. The molecule has 1 aliphatic rings. The summed E-state index contributed by atoms with van der Waals surface area (Å²) < 4.78 is 11.2. The number of amides is 1. The minimum Gasteiger partial charge on any atom is -0.394 e. The molecule has 0 aromatic heterocycles. The van der Waals surface area contributed by atoms with Crippen LogP contribution in [0.3, 0.4) is 0 Å². The Morgan fingerprint density at radius 1 is 0.593 bits per heavy atom. The summed E-state index contributed by atoms with van der Waals surface area (Å²) in [5.74, 6) is -0.228. The molecule has 0 bridgehead atoms. The summed E-state index contributed by atoms with van der Waals surface area (Å²) in [6.07, 6.45) is 48.7. The molecule has 0 aromatic carbocycles. The van der Waals surface area contributed by atoms with Crippen LogP contribution in [0, 0.1) is 0 Å². The van der Waals surface area contributed by atoms with Gasteiger partial charge in [-0.1, -0.05) is 156 Å². The van der Waals surface area contributed by atoms with E-state index in [-0.39, 0.29) is 18.9 Å². The predicted octanol–water partition coefficient (Wildman–Crippen LogP) is 9.72. The Kier molecular flexibility index (Phi) is 36.0. The fraction of sp³-hybridized carbons (Fsp3) is 0.660. The Bertz CT molecular complexity index is 1240. The van der Waals surface area contributed by atoms with E-state index < -0.39 is 49.5 Å². The van der Waals surface area contributed by atoms with Gasteiger partial charge in [-0.25, -0.2) is 0 Å². The smallest absolute Gasteiger partial charge is 0.220 e. The van der Waals surface area contributed by atoms with E-state index in [2.05, 4.69) is 104 Å². The van der Waals surface area contributed by atoms with Gasteiger partial charge in [-0.3, -0.25) is 4.79 Å². The second kappa shape index (κ2) is 39.3. The number of unbranched alkanes of at least 4 members (excludes halogenated alkanes) is 12. The van der Waals surface area contributed by atoms with Crippen LogP contribution in [0.15, 0.2) is 97.2 Å². The van der Waals surface area contributed by atoms with E-state index in [1.165, 1.54) is 44.9 Å². The third-order valence-corrected chi connectivity index (χ3v) is 10.1. The van der Waals surface area contributed by atoms with Gasteiger partial charge in [0.05, 0.1) is 25.4 Å². The summed E-state index contributed by atoms with van der Waals surface area (Å²) in [5.41, 5.74) is 0. The Hall–Kier alpha value is -2.89. The van der Waals surface area contributed by atoms with Crippen LogP contribution in [0.2, 0.25) is 0 Å². The van der Waals surface area contributed by atoms with Gasteiger partial charge in [-0.2, -0.15) is 0 Å². The zero-order valence-electron chi connectivity index (χ0n) is 36.7. The van der Waals surface area contributed by atoms with E-state index >= 15 is 0 Å². The summed E-state index contributed by atoms with van der Waals surface area (Å²) in [6, 6.07) is -0.851. The highest BCUT2D eigenvalue weighted by Gasteiger charge is 2.44. The molecule has 0 saturated carbocycles. The van der Waals surface area contributed by atoms with E-state index in [1.807, 2.05) is 6.08 Å². The standard InChI is InChI=1S/C50H83NO8/c1-3-5-7-9-11-13-15-17-19-21-22-24-26-28-30-32-34-36-38-40-46(54)51-43(42-58-50-49(57)48(56)47(55)45(41-52)59-50)44(53)39-37-35-33-31-29-27-25-23-20-18-16-14-12-10-8-6-4-2/h5,7,11,13,17,19-20,22-24,28-31,37,39,43-45,47-50,52-53,55-57H,3-4,6,8-10,12,14-16,18,21,25-27,32-36,38,40-42H2,1-2H3,(H,51,54)/b7-5-,13-11-,19-17-,23-20+,24-22-,30-28-,31-29+,39-37+. The monoisotopic (exact) mass is 826 g/mol. The third kappa shape index (κ3) is 29.9. The molecule has 7 atom stereocenters. The van der Waals surface area contributed by atoms with E-state index in [9.17, 15) is 30.3 Å². The third-order valence-electron chi connectivity index (χ3n) is 10.1. The average molecular weight is 826 g/mol. The lowest BCUT2D eigenvalue weighted by molar-refractivity contribution is -0.302. The molecule has 1 saturated heterocycles. The van der Waals surface area contributed by atoms with Crippen molar-refractivity contribution in [1.29, 1.82) is 0 Å². The maximum absolute atomic E-state index is 12.9. The first-order chi connectivity index (χ1) is 28.8. The lowest BCUT2D eigenvalue weighted by Gasteiger charge is -2.40. The number of carbonyl (C=O) groups excluding carboxylic acids is 1. The Morgan fingerprint density at radius 2 is 1.07 bits per heavy atom. The van der Waals surface area contributed by atoms with Gasteiger partial charge in [0.15, 0.2) is 6.29 Å². The van der Waals surface area contributed by atoms with Gasteiger partial charge in [0.2, 0.25) is 5.91 Å². The summed E-state index contributed by atoms with van der Waals surface area (Å²) >= 11 is 0. The van der Waals surface area contributed by atoms with E-state index in [1.54, 1.807) is 6.08 Å². The molecule has 9 nitrogen and oxygen atoms in total. The summed E-state index contributed by atoms with van der Waals surface area (Å²) in [5, 5.41) is 54.1. The second-order valence-electron chi connectivity index (χ2n) is 15.4. The normalized spacial score (nSPS) is 21.6. The molecule has 6 N–H and O–H groups in total. The van der Waals surface area contributed by atoms with E-state index in [0.717, 1.165) is 77.0 Å². The maximum Gasteiger partial charge on any atom is 0.220 e. The van der Waals surface area contributed by atoms with Crippen molar-refractivity contribution in [3.8, 4) is 0 Å². The lowest BCUT2D eigenvalue weighted by Crippen LogP contribution is -2.60. The van der Waals surface area contributed by atoms with Crippen LogP contribution in [-0.4, -0.2) is 87.5 Å². The highest BCUT2D eigenvalue weighted by molar-refractivity contribution is 5.76. The van der Waals surface area contributed by atoms with Crippen LogP contribution in [0.25, 0.3) is 0 Å². The Balaban J connectivity index is 2.45. The number of hydrogen-bond acceptors (Lipinski definition) is 8. The van der Waals surface area contributed by atoms with Crippen molar-refractivity contribution >= 4 is 5.91 Å². The number of allylic oxidation sites excluding steroid dienone is 15. The molecule has 1 rings (SSSR count). The van der Waals surface area contributed by atoms with Crippen LogP contribution in [0.5, 0.6) is 0 Å². The number of nitrogens with one attached hydrogen (secondary N) is 1. The highest BCUT2D eigenvalue weighted by Crippen LogP contribution is 2.22. The minimum absolute atomic E-state index is 0.226. The molecule has 1 amide bonds. The first-order valence-corrected chi connectivity index (χ1v) is 23.0. The lowest BCUT2D eigenvalue weighted by atomic mass is 9.99. The molecule has 336 valence electrons. The van der Waals surface area contributed by atoms with Crippen molar-refractivity contribution in [3.63, 3.8) is 0 Å². The topological polar surface area (TPSA) is 149 Å². The summed E-state index contributed by atoms with van der Waals surface area (Å²) in [7, 11) is 0. The number of aliphatic hydroxyl groups excluding tert-OH is 5. The molecule has 59 heavy (non-hydrogen) atoms. The summed E-state index contributed by atoms with van der Waals surface area (Å²) in [6.45, 7) is 3.59. The maximum atomic E-state index is 12.9. The van der Waals surface area contributed by atoms with Gasteiger partial charge in [0.25, 0.3) is 0 Å². The van der Waals surface area contributed by atoms with Crippen molar-refractivity contribution in [2.24, 2.45) is 0 Å². The van der Waals surface area contributed by atoms with Gasteiger partial charge in [-0.05, 0) is 89.9 Å². The quantitative estimate of drug-likeness (QED) is 0.0270. The fourth-order valence-electron chi connectivity index (χ4n) is 6.45. The van der Waals surface area contributed by atoms with Gasteiger partial charge >= 0.3 is 0 Å². The zero-order valence-corrected chi connectivity index (χ0v) is 36.7. The molecule has 0 aromatic rings. The fourth-order valence-corrected chi connectivity index (χ4v) is 6.45. The van der Waals surface area contributed by atoms with Crippen LogP contribution in [-0.2, 0) is 14.3 Å². The molecular weight excluding hydrogens is 743 g/mol. The van der Waals surface area contributed by atoms with Crippen molar-refractivity contribution in [2.75, 3.05) is 13.2 Å². The van der Waals surface area contributed by atoms with Gasteiger partial charge < -0.3 is 40.3 Å². The number of ether oxygens (including phenoxy) is 2. The first kappa shape index (κ1) is 54.1. The predicted molar refractivity (Wildman–Crippen MR) is 244 cm³/mol. The molecule has 1 fully saturated rings. The largest absolute Gasteiger partial charge is 0.394 e. The van der Waals surface area contributed by atoms with Crippen LogP contribution in [0.4, 0.5) is 0 Å². The number of hydrogen-bond donors (Lipinski definition) is 6. The molecule has 9 heteroatoms. The van der Waals surface area contributed by atoms with Crippen molar-refractivity contribution < 1.29 is 39.8 Å². The molecular formula is C50H83NO8. The van der Waals surface area contributed by atoms with Gasteiger partial charge in [0, 0.05) is 6.42 Å². The number of carbonyl (C=O) groups is 1. The van der Waals surface area contributed by atoms with Crippen LogP contribution >= 0.6 is 0 Å². The zero-order chi connectivity index (χ0) is 43.0. The van der Waals surface area contributed by atoms with Crippen LogP contribution in [0.1, 0.15) is 155 Å². The average Bonchev–Trinajstić information content (AvgIpc) is 3.23. The number of rotatable bonds is 36. The molecule has 0 spiro atoms. The van der Waals surface area contributed by atoms with E-state index in [0.29, 0.717) is 12.8 Å². The van der Waals surface area contributed by atoms with E-state index in [4.69, 9.17) is 9.47 Å². The van der Waals surface area contributed by atoms with Gasteiger partial charge in [-0.15, -0.1) is 0 Å². The second-order valence-corrected chi connectivity index (χ2v) is 15.4. The minimum atomic E-state index is -1.59. The Morgan fingerprint density at radius 3 is 1.63 bits per heavy atom. The first-order valence-electron chi connectivity index (χ1n) is 23.0.